The monoisotopic (exact) mass is 916 g/mol. The molecule has 4 aromatic carbocycles. The number of aryl methyl sites for hydroxylation is 1. The molecule has 285 valence electrons. The van der Waals surface area contributed by atoms with Gasteiger partial charge in [-0.3, -0.25) is 9.78 Å². The largest absolute Gasteiger partial charge is 0.512 e. The van der Waals surface area contributed by atoms with Gasteiger partial charge in [0.2, 0.25) is 0 Å². The molecule has 0 spiro atoms. The van der Waals surface area contributed by atoms with E-state index < -0.39 is 0 Å². The van der Waals surface area contributed by atoms with Gasteiger partial charge in [-0.25, -0.2) is 0 Å². The van der Waals surface area contributed by atoms with Crippen LogP contribution < -0.4 is 0 Å². The number of aromatic nitrogens is 1. The first-order valence-electron chi connectivity index (χ1n) is 19.6. The van der Waals surface area contributed by atoms with Crippen LogP contribution in [0, 0.1) is 23.8 Å². The normalized spacial score (nSPS) is 12.6. The Balaban J connectivity index is 0.000000320. The van der Waals surface area contributed by atoms with Crippen LogP contribution in [0.4, 0.5) is 0 Å². The van der Waals surface area contributed by atoms with Gasteiger partial charge in [0.15, 0.2) is 5.78 Å². The number of thiophene rings is 1. The van der Waals surface area contributed by atoms with Crippen LogP contribution in [0.25, 0.3) is 53.7 Å². The molecule has 5 heteroatoms. The number of carbonyl (C=O) groups excluding carboxylic acids is 1. The Morgan fingerprint density at radius 1 is 0.778 bits per heavy atom. The number of pyridine rings is 1. The molecular formula is C49H56IrNO2S-. The van der Waals surface area contributed by atoms with Gasteiger partial charge < -0.3 is 5.11 Å². The Kier molecular flexibility index (Phi) is 13.5. The van der Waals surface area contributed by atoms with E-state index in [0.717, 1.165) is 52.4 Å². The van der Waals surface area contributed by atoms with Crippen molar-refractivity contribution in [2.24, 2.45) is 10.8 Å². The molecule has 1 N–H and O–H groups in total. The number of benzene rings is 4. The number of hydrogen-bond acceptors (Lipinski definition) is 4. The fourth-order valence-electron chi connectivity index (χ4n) is 6.65. The smallest absolute Gasteiger partial charge is 0.164 e. The minimum atomic E-state index is -0.337. The molecule has 0 amide bonds. The second-order valence-electron chi connectivity index (χ2n) is 15.8. The van der Waals surface area contributed by atoms with Crippen molar-refractivity contribution in [3.63, 3.8) is 0 Å². The van der Waals surface area contributed by atoms with Gasteiger partial charge in [-0.05, 0) is 71.7 Å². The quantitative estimate of drug-likeness (QED) is 0.0846. The number of aliphatic hydroxyl groups excluding tert-OH is 1. The van der Waals surface area contributed by atoms with Gasteiger partial charge in [0.05, 0.1) is 1.37 Å². The van der Waals surface area contributed by atoms with Crippen LogP contribution in [0.15, 0.2) is 109 Å². The summed E-state index contributed by atoms with van der Waals surface area (Å²) < 4.78 is 9.63. The maximum absolute atomic E-state index is 12.2. The molecule has 6 rings (SSSR count). The Morgan fingerprint density at radius 2 is 1.33 bits per heavy atom. The van der Waals surface area contributed by atoms with Crippen LogP contribution in [0.1, 0.15) is 100 Å². The first-order chi connectivity index (χ1) is 25.6. The molecule has 0 saturated carbocycles. The number of carbonyl (C=O) groups is 1. The van der Waals surface area contributed by atoms with E-state index in [1.807, 2.05) is 53.7 Å². The molecule has 0 aliphatic heterocycles. The maximum Gasteiger partial charge on any atom is 0.164 e. The van der Waals surface area contributed by atoms with Crippen molar-refractivity contribution < 1.29 is 31.4 Å². The zero-order valence-electron chi connectivity index (χ0n) is 34.6. The predicted molar refractivity (Wildman–Crippen MR) is 229 cm³/mol. The number of allylic oxidation sites excluding steroid dienone is 2. The number of ketones is 1. The molecule has 0 aliphatic rings. The molecule has 0 aliphatic carbocycles. The first kappa shape index (κ1) is 41.3. The predicted octanol–water partition coefficient (Wildman–Crippen LogP) is 14.5. The van der Waals surface area contributed by atoms with Crippen LogP contribution in [-0.2, 0) is 30.3 Å². The van der Waals surface area contributed by atoms with E-state index in [1.54, 1.807) is 11.3 Å². The van der Waals surface area contributed by atoms with Gasteiger partial charge in [-0.15, -0.1) is 40.5 Å². The standard InChI is InChI=1S/C34H28NS.C15H28O2.Ir/c1-22-28-18-19-35-31(27-20-26-12-8-9-13-29(26)30(21-27)34(2,3)4)33(28)36-32(22)25-16-14-24(15-17-25)23-10-6-5-7-11-23;1-7-14(5,8-2)12(16)11-13(17)15(6,9-3)10-4;/h5-19,21H,1-4H3;11,16H,7-10H2,1-6H3;/q-1;;/b;12-11-;/i19D;;. The van der Waals surface area contributed by atoms with Crippen LogP contribution in [0.5, 0.6) is 0 Å². The summed E-state index contributed by atoms with van der Waals surface area (Å²) >= 11 is 1.76. The maximum atomic E-state index is 12.2. The summed E-state index contributed by atoms with van der Waals surface area (Å²) in [7, 11) is 0. The SMILES string of the molecule is CCC(C)(CC)C(=O)/C=C(\O)C(C)(CC)CC.[2H]c1cc2c(C)c(-c3ccc(-c4ccccc4)cc3)sc2c(-c2[c-]c3ccccc3c(C(C)(C)C)c2)n1.[Ir]. The van der Waals surface area contributed by atoms with Crippen LogP contribution in [-0.4, -0.2) is 15.9 Å². The van der Waals surface area contributed by atoms with Gasteiger partial charge in [-0.1, -0.05) is 146 Å². The molecule has 54 heavy (non-hydrogen) atoms. The summed E-state index contributed by atoms with van der Waals surface area (Å²) in [6.07, 6.45) is 5.04. The van der Waals surface area contributed by atoms with E-state index in [2.05, 4.69) is 113 Å². The Hall–Kier alpha value is -3.89. The number of aliphatic hydroxyl groups is 1. The third kappa shape index (κ3) is 8.97. The first-order valence-corrected chi connectivity index (χ1v) is 19.9. The van der Waals surface area contributed by atoms with E-state index in [0.29, 0.717) is 0 Å². The zero-order chi connectivity index (χ0) is 39.4. The van der Waals surface area contributed by atoms with Crippen molar-refractivity contribution in [1.29, 1.82) is 0 Å². The average molecular weight is 916 g/mol. The van der Waals surface area contributed by atoms with Crippen molar-refractivity contribution >= 4 is 38.0 Å². The third-order valence-electron chi connectivity index (χ3n) is 11.5. The third-order valence-corrected chi connectivity index (χ3v) is 12.9. The van der Waals surface area contributed by atoms with Gasteiger partial charge in [0, 0.05) is 58.5 Å². The molecule has 2 aromatic heterocycles. The zero-order valence-corrected chi connectivity index (χ0v) is 36.8. The molecule has 1 radical (unpaired) electrons. The van der Waals surface area contributed by atoms with Crippen LogP contribution >= 0.6 is 11.3 Å². The number of rotatable bonds is 10. The fourth-order valence-corrected chi connectivity index (χ4v) is 7.95. The summed E-state index contributed by atoms with van der Waals surface area (Å²) in [5, 5.41) is 13.5. The summed E-state index contributed by atoms with van der Waals surface area (Å²) in [4.78, 5) is 18.2. The number of hydrogen-bond donors (Lipinski definition) is 1. The van der Waals surface area contributed by atoms with Crippen LogP contribution in [0.2, 0.25) is 0 Å². The number of nitrogens with zero attached hydrogens (tertiary/aromatic N) is 1. The molecule has 0 saturated heterocycles. The van der Waals surface area contributed by atoms with Crippen molar-refractivity contribution in [3.8, 4) is 32.8 Å². The summed E-state index contributed by atoms with van der Waals surface area (Å²) in [5.74, 6) is 0.286. The Bertz CT molecular complexity index is 2270. The summed E-state index contributed by atoms with van der Waals surface area (Å²) in [5.41, 5.74) is 7.25. The molecule has 3 nitrogen and oxygen atoms in total. The molecule has 0 atom stereocenters. The second kappa shape index (κ2) is 17.7. The van der Waals surface area contributed by atoms with E-state index in [1.165, 1.54) is 44.2 Å². The van der Waals surface area contributed by atoms with E-state index >= 15 is 0 Å². The summed E-state index contributed by atoms with van der Waals surface area (Å²) in [6.45, 7) is 21.0. The molecule has 0 bridgehead atoms. The van der Waals surface area contributed by atoms with Crippen molar-refractivity contribution in [1.82, 2.24) is 4.98 Å². The second-order valence-corrected chi connectivity index (χ2v) is 16.8. The van der Waals surface area contributed by atoms with Crippen molar-refractivity contribution in [3.05, 3.63) is 126 Å². The van der Waals surface area contributed by atoms with E-state index in [4.69, 9.17) is 6.35 Å². The minimum absolute atomic E-state index is 0. The molecular weight excluding hydrogens is 859 g/mol. The minimum Gasteiger partial charge on any atom is -0.512 e. The Labute approximate surface area is 342 Å². The van der Waals surface area contributed by atoms with Crippen molar-refractivity contribution in [2.75, 3.05) is 0 Å². The van der Waals surface area contributed by atoms with E-state index in [9.17, 15) is 9.90 Å². The molecule has 0 fully saturated rings. The van der Waals surface area contributed by atoms with E-state index in [-0.39, 0.29) is 54.1 Å². The summed E-state index contributed by atoms with van der Waals surface area (Å²) in [6, 6.07) is 35.5. The topological polar surface area (TPSA) is 50.2 Å². The van der Waals surface area contributed by atoms with Crippen LogP contribution in [0.3, 0.4) is 0 Å². The number of fused-ring (bicyclic) bond motifs is 2. The van der Waals surface area contributed by atoms with Gasteiger partial charge in [0.1, 0.15) is 5.76 Å². The van der Waals surface area contributed by atoms with Gasteiger partial charge in [-0.2, -0.15) is 0 Å². The molecule has 2 heterocycles. The molecule has 6 aromatic rings. The Morgan fingerprint density at radius 3 is 1.93 bits per heavy atom. The van der Waals surface area contributed by atoms with Crippen molar-refractivity contribution in [2.45, 2.75) is 100 Å². The average Bonchev–Trinajstić information content (AvgIpc) is 3.51. The fraction of sp³-hybridized carbons (Fsp3) is 0.347. The van der Waals surface area contributed by atoms with Gasteiger partial charge >= 0.3 is 0 Å². The molecule has 0 unspecified atom stereocenters. The van der Waals surface area contributed by atoms with Gasteiger partial charge in [0.25, 0.3) is 0 Å².